The van der Waals surface area contributed by atoms with Crippen LogP contribution in [-0.2, 0) is 0 Å². The Hall–Kier alpha value is -1.09. The summed E-state index contributed by atoms with van der Waals surface area (Å²) in [5, 5.41) is 3.33. The molecule has 1 saturated carbocycles. The predicted molar refractivity (Wildman–Crippen MR) is 57.7 cm³/mol. The second kappa shape index (κ2) is 3.58. The molecule has 0 radical (unpaired) electrons. The molecule has 0 aromatic carbocycles. The van der Waals surface area contributed by atoms with Crippen molar-refractivity contribution in [2.24, 2.45) is 11.8 Å². The number of anilines is 1. The molecular formula is C11H17N3. The summed E-state index contributed by atoms with van der Waals surface area (Å²) in [7, 11) is 1.99. The summed E-state index contributed by atoms with van der Waals surface area (Å²) in [4.78, 5) is 4.13. The number of nitrogens with zero attached hydrogens (tertiary/aromatic N) is 1. The summed E-state index contributed by atoms with van der Waals surface area (Å²) >= 11 is 0. The zero-order valence-corrected chi connectivity index (χ0v) is 8.70. The van der Waals surface area contributed by atoms with Crippen molar-refractivity contribution in [1.29, 1.82) is 0 Å². The molecule has 1 aromatic heterocycles. The molecule has 0 saturated heterocycles. The van der Waals surface area contributed by atoms with Crippen molar-refractivity contribution in [3.8, 4) is 0 Å². The summed E-state index contributed by atoms with van der Waals surface area (Å²) in [6, 6.07) is 2.24. The Balaban J connectivity index is 2.23. The fraction of sp³-hybridized carbons (Fsp3) is 0.545. The Morgan fingerprint density at radius 3 is 2.86 bits per heavy atom. The molecule has 1 aliphatic carbocycles. The third-order valence-electron chi connectivity index (χ3n) is 3.13. The first-order valence-corrected chi connectivity index (χ1v) is 5.10. The molecule has 3 nitrogen and oxygen atoms in total. The Morgan fingerprint density at radius 1 is 1.64 bits per heavy atom. The Morgan fingerprint density at radius 2 is 2.36 bits per heavy atom. The molecule has 1 aromatic rings. The Bertz CT molecular complexity index is 324. The van der Waals surface area contributed by atoms with Gasteiger partial charge in [-0.3, -0.25) is 4.98 Å². The highest BCUT2D eigenvalue weighted by atomic mass is 14.9. The lowest BCUT2D eigenvalue weighted by molar-refractivity contribution is 0.504. The highest BCUT2D eigenvalue weighted by Crippen LogP contribution is 2.47. The molecule has 3 unspecified atom stereocenters. The highest BCUT2D eigenvalue weighted by Gasteiger charge is 2.40. The van der Waals surface area contributed by atoms with Gasteiger partial charge in [0, 0.05) is 29.7 Å². The van der Waals surface area contributed by atoms with E-state index in [4.69, 9.17) is 5.73 Å². The summed E-state index contributed by atoms with van der Waals surface area (Å²) in [5.41, 5.74) is 7.92. The maximum absolute atomic E-state index is 5.93. The van der Waals surface area contributed by atoms with Crippen LogP contribution < -0.4 is 11.1 Å². The van der Waals surface area contributed by atoms with Crippen molar-refractivity contribution >= 4 is 5.69 Å². The number of hydrogen-bond acceptors (Lipinski definition) is 3. The third-order valence-corrected chi connectivity index (χ3v) is 3.13. The molecule has 76 valence electrons. The van der Waals surface area contributed by atoms with Gasteiger partial charge in [0.25, 0.3) is 0 Å². The topological polar surface area (TPSA) is 50.9 Å². The van der Waals surface area contributed by atoms with Crippen LogP contribution in [0.4, 0.5) is 5.69 Å². The normalized spacial score (nSPS) is 27.3. The molecule has 2 rings (SSSR count). The average molecular weight is 191 g/mol. The van der Waals surface area contributed by atoms with Crippen LogP contribution in [0.1, 0.15) is 24.9 Å². The van der Waals surface area contributed by atoms with Crippen molar-refractivity contribution < 1.29 is 0 Å². The van der Waals surface area contributed by atoms with Gasteiger partial charge in [-0.25, -0.2) is 0 Å². The van der Waals surface area contributed by atoms with E-state index in [2.05, 4.69) is 17.2 Å². The van der Waals surface area contributed by atoms with Crippen LogP contribution in [0.3, 0.4) is 0 Å². The third kappa shape index (κ3) is 1.60. The molecule has 1 aliphatic rings. The van der Waals surface area contributed by atoms with E-state index < -0.39 is 0 Å². The van der Waals surface area contributed by atoms with Crippen LogP contribution in [0, 0.1) is 11.8 Å². The average Bonchev–Trinajstić information content (AvgIpc) is 2.88. The SMILES string of the molecule is CNC(c1cnccc1N)C1CC1C. The van der Waals surface area contributed by atoms with Crippen LogP contribution in [0.5, 0.6) is 0 Å². The number of hydrogen-bond donors (Lipinski definition) is 2. The lowest BCUT2D eigenvalue weighted by Crippen LogP contribution is -2.20. The largest absolute Gasteiger partial charge is 0.398 e. The van der Waals surface area contributed by atoms with Gasteiger partial charge < -0.3 is 11.1 Å². The quantitative estimate of drug-likeness (QED) is 0.762. The lowest BCUT2D eigenvalue weighted by atomic mass is 10.0. The van der Waals surface area contributed by atoms with Gasteiger partial charge >= 0.3 is 0 Å². The van der Waals surface area contributed by atoms with E-state index in [1.54, 1.807) is 6.20 Å². The molecule has 0 bridgehead atoms. The highest BCUT2D eigenvalue weighted by molar-refractivity contribution is 5.46. The summed E-state index contributed by atoms with van der Waals surface area (Å²) in [6.07, 6.45) is 4.91. The van der Waals surface area contributed by atoms with Crippen molar-refractivity contribution in [3.63, 3.8) is 0 Å². The first-order valence-electron chi connectivity index (χ1n) is 5.10. The van der Waals surface area contributed by atoms with Gasteiger partial charge in [0.1, 0.15) is 0 Å². The maximum atomic E-state index is 5.93. The van der Waals surface area contributed by atoms with E-state index in [1.165, 1.54) is 6.42 Å². The number of nitrogens with one attached hydrogen (secondary N) is 1. The number of pyridine rings is 1. The Labute approximate surface area is 84.7 Å². The van der Waals surface area contributed by atoms with Gasteiger partial charge in [0.15, 0.2) is 0 Å². The Kier molecular flexibility index (Phi) is 2.42. The zero-order valence-electron chi connectivity index (χ0n) is 8.70. The van der Waals surface area contributed by atoms with Crippen LogP contribution in [0.2, 0.25) is 0 Å². The smallest absolute Gasteiger partial charge is 0.0393 e. The molecule has 1 heterocycles. The monoisotopic (exact) mass is 191 g/mol. The molecule has 0 aliphatic heterocycles. The van der Waals surface area contributed by atoms with Crippen LogP contribution >= 0.6 is 0 Å². The van der Waals surface area contributed by atoms with Crippen LogP contribution in [0.25, 0.3) is 0 Å². The first kappa shape index (κ1) is 9.46. The van der Waals surface area contributed by atoms with Gasteiger partial charge in [-0.2, -0.15) is 0 Å². The minimum absolute atomic E-state index is 0.374. The summed E-state index contributed by atoms with van der Waals surface area (Å²) < 4.78 is 0. The fourth-order valence-corrected chi connectivity index (χ4v) is 2.09. The minimum atomic E-state index is 0.374. The molecule has 3 heteroatoms. The van der Waals surface area contributed by atoms with Crippen LogP contribution in [0.15, 0.2) is 18.5 Å². The van der Waals surface area contributed by atoms with Crippen molar-refractivity contribution in [2.45, 2.75) is 19.4 Å². The van der Waals surface area contributed by atoms with E-state index >= 15 is 0 Å². The summed E-state index contributed by atoms with van der Waals surface area (Å²) in [5.74, 6) is 1.54. The van der Waals surface area contributed by atoms with Crippen molar-refractivity contribution in [3.05, 3.63) is 24.0 Å². The number of nitrogens with two attached hydrogens (primary N) is 1. The standard InChI is InChI=1S/C11H17N3/c1-7-5-8(7)11(13-2)9-6-14-4-3-10(9)12/h3-4,6-8,11,13H,5H2,1-2H3,(H2,12,14). The molecule has 3 atom stereocenters. The molecular weight excluding hydrogens is 174 g/mol. The molecule has 14 heavy (non-hydrogen) atoms. The number of nitrogen functional groups attached to an aromatic ring is 1. The molecule has 0 spiro atoms. The van der Waals surface area contributed by atoms with E-state index in [0.717, 1.165) is 23.1 Å². The van der Waals surface area contributed by atoms with E-state index in [-0.39, 0.29) is 0 Å². The molecule has 3 N–H and O–H groups in total. The van der Waals surface area contributed by atoms with Crippen LogP contribution in [-0.4, -0.2) is 12.0 Å². The lowest BCUT2D eigenvalue weighted by Gasteiger charge is -2.17. The fourth-order valence-electron chi connectivity index (χ4n) is 2.09. The van der Waals surface area contributed by atoms with E-state index in [1.807, 2.05) is 19.3 Å². The van der Waals surface area contributed by atoms with Gasteiger partial charge in [0.2, 0.25) is 0 Å². The second-order valence-corrected chi connectivity index (χ2v) is 4.15. The summed E-state index contributed by atoms with van der Waals surface area (Å²) in [6.45, 7) is 2.28. The van der Waals surface area contributed by atoms with Gasteiger partial charge in [-0.05, 0) is 31.4 Å². The first-order chi connectivity index (χ1) is 6.74. The van der Waals surface area contributed by atoms with Crippen molar-refractivity contribution in [1.82, 2.24) is 10.3 Å². The van der Waals surface area contributed by atoms with Crippen molar-refractivity contribution in [2.75, 3.05) is 12.8 Å². The predicted octanol–water partition coefficient (Wildman–Crippen LogP) is 1.58. The minimum Gasteiger partial charge on any atom is -0.398 e. The zero-order chi connectivity index (χ0) is 10.1. The number of rotatable bonds is 3. The van der Waals surface area contributed by atoms with E-state index in [0.29, 0.717) is 6.04 Å². The van der Waals surface area contributed by atoms with E-state index in [9.17, 15) is 0 Å². The van der Waals surface area contributed by atoms with Gasteiger partial charge in [-0.1, -0.05) is 6.92 Å². The maximum Gasteiger partial charge on any atom is 0.0393 e. The molecule has 1 fully saturated rings. The number of aromatic nitrogens is 1. The van der Waals surface area contributed by atoms with Gasteiger partial charge in [0.05, 0.1) is 0 Å². The molecule has 0 amide bonds. The van der Waals surface area contributed by atoms with Gasteiger partial charge in [-0.15, -0.1) is 0 Å². The second-order valence-electron chi connectivity index (χ2n) is 4.15.